The third kappa shape index (κ3) is 5.70. The van der Waals surface area contributed by atoms with Crippen molar-refractivity contribution in [3.05, 3.63) is 24.0 Å². The Hall–Kier alpha value is -1.62. The van der Waals surface area contributed by atoms with Crippen LogP contribution in [-0.2, 0) is 4.79 Å². The summed E-state index contributed by atoms with van der Waals surface area (Å²) < 4.78 is 19.1. The molecule has 106 valence electrons. The number of anilines is 1. The highest BCUT2D eigenvalue weighted by molar-refractivity contribution is 5.90. The number of carbonyl (C=O) groups excluding carboxylic acids is 1. The van der Waals surface area contributed by atoms with Gasteiger partial charge >= 0.3 is 0 Å². The largest absolute Gasteiger partial charge is 0.491 e. The predicted molar refractivity (Wildman–Crippen MR) is 73.7 cm³/mol. The van der Waals surface area contributed by atoms with Crippen molar-refractivity contribution >= 4 is 11.6 Å². The van der Waals surface area contributed by atoms with Gasteiger partial charge in [0.25, 0.3) is 0 Å². The maximum Gasteiger partial charge on any atom is 0.224 e. The number of halogens is 1. The van der Waals surface area contributed by atoms with Gasteiger partial charge in [-0.05, 0) is 39.3 Å². The second-order valence-corrected chi connectivity index (χ2v) is 4.87. The lowest BCUT2D eigenvalue weighted by Crippen LogP contribution is -2.19. The number of hydrogen-bond acceptors (Lipinski definition) is 3. The number of rotatable bonds is 6. The Labute approximate surface area is 113 Å². The van der Waals surface area contributed by atoms with E-state index in [1.54, 1.807) is 6.07 Å². The molecule has 1 atom stereocenters. The van der Waals surface area contributed by atoms with Crippen LogP contribution in [0.3, 0.4) is 0 Å². The van der Waals surface area contributed by atoms with E-state index < -0.39 is 5.82 Å². The molecule has 0 aliphatic heterocycles. The maximum atomic E-state index is 13.7. The van der Waals surface area contributed by atoms with Crippen LogP contribution < -0.4 is 15.8 Å². The van der Waals surface area contributed by atoms with Crippen molar-refractivity contribution in [3.63, 3.8) is 0 Å². The lowest BCUT2D eigenvalue weighted by Gasteiger charge is -2.12. The first-order valence-corrected chi connectivity index (χ1v) is 6.40. The minimum absolute atomic E-state index is 0.0223. The summed E-state index contributed by atoms with van der Waals surface area (Å²) in [7, 11) is 0. The summed E-state index contributed by atoms with van der Waals surface area (Å²) in [5.41, 5.74) is 5.72. The quantitative estimate of drug-likeness (QED) is 0.833. The van der Waals surface area contributed by atoms with Crippen molar-refractivity contribution in [3.8, 4) is 5.75 Å². The second-order valence-electron chi connectivity index (χ2n) is 4.87. The number of nitrogens with two attached hydrogens (primary N) is 1. The molecule has 4 nitrogen and oxygen atoms in total. The van der Waals surface area contributed by atoms with E-state index in [1.807, 2.05) is 20.8 Å². The van der Waals surface area contributed by atoms with E-state index in [4.69, 9.17) is 10.5 Å². The number of carbonyl (C=O) groups is 1. The number of hydrogen-bond donors (Lipinski definition) is 2. The zero-order valence-corrected chi connectivity index (χ0v) is 11.6. The lowest BCUT2D eigenvalue weighted by atomic mass is 10.2. The second kappa shape index (κ2) is 7.09. The predicted octanol–water partition coefficient (Wildman–Crippen LogP) is 2.68. The number of nitrogens with one attached hydrogen (secondary N) is 1. The highest BCUT2D eigenvalue weighted by Crippen LogP contribution is 2.21. The van der Waals surface area contributed by atoms with Crippen LogP contribution in [0.2, 0.25) is 0 Å². The van der Waals surface area contributed by atoms with Gasteiger partial charge in [-0.25, -0.2) is 4.39 Å². The van der Waals surface area contributed by atoms with E-state index in [1.165, 1.54) is 12.1 Å². The molecule has 0 saturated heterocycles. The standard InChI is InChI=1S/C14H21FN2O2/c1-9(2)19-11-5-6-13(12(15)8-11)17-14(18)7-4-10(3)16/h5-6,8-10H,4,7,16H2,1-3H3,(H,17,18). The van der Waals surface area contributed by atoms with E-state index in [9.17, 15) is 9.18 Å². The van der Waals surface area contributed by atoms with Crippen molar-refractivity contribution in [1.29, 1.82) is 0 Å². The molecule has 0 fully saturated rings. The summed E-state index contributed by atoms with van der Waals surface area (Å²) in [6, 6.07) is 4.35. The van der Waals surface area contributed by atoms with Gasteiger partial charge in [0.1, 0.15) is 11.6 Å². The van der Waals surface area contributed by atoms with Crippen LogP contribution in [0, 0.1) is 5.82 Å². The molecular formula is C14H21FN2O2. The zero-order chi connectivity index (χ0) is 14.4. The molecule has 0 spiro atoms. The Bertz CT molecular complexity index is 433. The van der Waals surface area contributed by atoms with Crippen LogP contribution >= 0.6 is 0 Å². The Kier molecular flexibility index (Phi) is 5.76. The van der Waals surface area contributed by atoms with Gasteiger partial charge in [-0.1, -0.05) is 0 Å². The number of ether oxygens (including phenoxy) is 1. The van der Waals surface area contributed by atoms with Crippen molar-refractivity contribution < 1.29 is 13.9 Å². The third-order valence-corrected chi connectivity index (χ3v) is 2.41. The highest BCUT2D eigenvalue weighted by atomic mass is 19.1. The smallest absolute Gasteiger partial charge is 0.224 e. The van der Waals surface area contributed by atoms with Crippen LogP contribution in [-0.4, -0.2) is 18.1 Å². The summed E-state index contributed by atoms with van der Waals surface area (Å²) in [6.45, 7) is 5.55. The normalized spacial score (nSPS) is 12.3. The fourth-order valence-electron chi connectivity index (χ4n) is 1.51. The average Bonchev–Trinajstić information content (AvgIpc) is 2.29. The van der Waals surface area contributed by atoms with Gasteiger partial charge in [-0.15, -0.1) is 0 Å². The van der Waals surface area contributed by atoms with E-state index in [0.29, 0.717) is 12.2 Å². The summed E-state index contributed by atoms with van der Waals surface area (Å²) in [4.78, 5) is 11.6. The Morgan fingerprint density at radius 3 is 2.63 bits per heavy atom. The molecular weight excluding hydrogens is 247 g/mol. The van der Waals surface area contributed by atoms with E-state index in [-0.39, 0.29) is 30.2 Å². The summed E-state index contributed by atoms with van der Waals surface area (Å²) in [5, 5.41) is 2.52. The van der Waals surface area contributed by atoms with Gasteiger partial charge in [0, 0.05) is 18.5 Å². The first-order chi connectivity index (χ1) is 8.88. The Morgan fingerprint density at radius 2 is 2.11 bits per heavy atom. The average molecular weight is 268 g/mol. The molecule has 1 aromatic rings. The van der Waals surface area contributed by atoms with E-state index >= 15 is 0 Å². The van der Waals surface area contributed by atoms with Gasteiger partial charge < -0.3 is 15.8 Å². The molecule has 3 N–H and O–H groups in total. The minimum Gasteiger partial charge on any atom is -0.491 e. The monoisotopic (exact) mass is 268 g/mol. The SMILES string of the molecule is CC(N)CCC(=O)Nc1ccc(OC(C)C)cc1F. The zero-order valence-electron chi connectivity index (χ0n) is 11.6. The van der Waals surface area contributed by atoms with Gasteiger partial charge in [0.15, 0.2) is 0 Å². The molecule has 19 heavy (non-hydrogen) atoms. The molecule has 1 aromatic carbocycles. The molecule has 1 rings (SSSR count). The van der Waals surface area contributed by atoms with E-state index in [2.05, 4.69) is 5.32 Å². The summed E-state index contributed by atoms with van der Waals surface area (Å²) >= 11 is 0. The molecule has 0 aromatic heterocycles. The van der Waals surface area contributed by atoms with Crippen LogP contribution in [0.25, 0.3) is 0 Å². The first kappa shape index (κ1) is 15.4. The minimum atomic E-state index is -0.507. The fraction of sp³-hybridized carbons (Fsp3) is 0.500. The number of amides is 1. The van der Waals surface area contributed by atoms with Gasteiger partial charge in [-0.2, -0.15) is 0 Å². The summed E-state index contributed by atoms with van der Waals surface area (Å²) in [5.74, 6) is -0.304. The van der Waals surface area contributed by atoms with Crippen LogP contribution in [0.1, 0.15) is 33.6 Å². The van der Waals surface area contributed by atoms with Crippen molar-refractivity contribution in [2.45, 2.75) is 45.8 Å². The maximum absolute atomic E-state index is 13.7. The molecule has 0 heterocycles. The fourth-order valence-corrected chi connectivity index (χ4v) is 1.51. The Morgan fingerprint density at radius 1 is 1.42 bits per heavy atom. The van der Waals surface area contributed by atoms with Gasteiger partial charge in [0.05, 0.1) is 11.8 Å². The van der Waals surface area contributed by atoms with Crippen LogP contribution in [0.4, 0.5) is 10.1 Å². The van der Waals surface area contributed by atoms with E-state index in [0.717, 1.165) is 0 Å². The summed E-state index contributed by atoms with van der Waals surface area (Å²) in [6.07, 6.45) is 0.828. The van der Waals surface area contributed by atoms with Crippen molar-refractivity contribution in [2.24, 2.45) is 5.73 Å². The van der Waals surface area contributed by atoms with Crippen LogP contribution in [0.5, 0.6) is 5.75 Å². The molecule has 1 unspecified atom stereocenters. The molecule has 0 radical (unpaired) electrons. The highest BCUT2D eigenvalue weighted by Gasteiger charge is 2.09. The van der Waals surface area contributed by atoms with Gasteiger partial charge in [0.2, 0.25) is 5.91 Å². The topological polar surface area (TPSA) is 64.4 Å². The third-order valence-electron chi connectivity index (χ3n) is 2.41. The lowest BCUT2D eigenvalue weighted by molar-refractivity contribution is -0.116. The van der Waals surface area contributed by atoms with Gasteiger partial charge in [-0.3, -0.25) is 4.79 Å². The molecule has 1 amide bonds. The van der Waals surface area contributed by atoms with Crippen LogP contribution in [0.15, 0.2) is 18.2 Å². The first-order valence-electron chi connectivity index (χ1n) is 6.40. The molecule has 0 aliphatic carbocycles. The molecule has 0 aliphatic rings. The van der Waals surface area contributed by atoms with Crippen molar-refractivity contribution in [2.75, 3.05) is 5.32 Å². The Balaban J connectivity index is 2.61. The number of benzene rings is 1. The molecule has 0 saturated carbocycles. The molecule has 5 heteroatoms. The molecule has 0 bridgehead atoms. The van der Waals surface area contributed by atoms with Crippen molar-refractivity contribution in [1.82, 2.24) is 0 Å².